The second-order valence-electron chi connectivity index (χ2n) is 8.50. The number of carbonyl (C=O) groups is 1. The van der Waals surface area contributed by atoms with Crippen molar-refractivity contribution in [3.63, 3.8) is 0 Å². The van der Waals surface area contributed by atoms with Gasteiger partial charge in [0.15, 0.2) is 9.84 Å². The molecule has 0 spiro atoms. The summed E-state index contributed by atoms with van der Waals surface area (Å²) in [5.74, 6) is -0.636. The Morgan fingerprint density at radius 1 is 1.10 bits per heavy atom. The Labute approximate surface area is 222 Å². The Morgan fingerprint density at radius 2 is 1.82 bits per heavy atom. The number of halogens is 3. The number of anilines is 6. The summed E-state index contributed by atoms with van der Waals surface area (Å²) in [7, 11) is -1.61. The van der Waals surface area contributed by atoms with Gasteiger partial charge in [-0.15, -0.1) is 0 Å². The zero-order valence-electron chi connectivity index (χ0n) is 20.7. The van der Waals surface area contributed by atoms with E-state index in [1.54, 1.807) is 30.3 Å². The molecule has 39 heavy (non-hydrogen) atoms. The maximum atomic E-state index is 13.7. The van der Waals surface area contributed by atoms with Gasteiger partial charge in [-0.3, -0.25) is 4.79 Å². The molecule has 10 nitrogen and oxygen atoms in total. The van der Waals surface area contributed by atoms with E-state index in [4.69, 9.17) is 4.74 Å². The number of amides is 1. The summed E-state index contributed by atoms with van der Waals surface area (Å²) in [6, 6.07) is 11.2. The van der Waals surface area contributed by atoms with E-state index in [-0.39, 0.29) is 23.1 Å². The van der Waals surface area contributed by atoms with Crippen molar-refractivity contribution in [3.8, 4) is 5.75 Å². The van der Waals surface area contributed by atoms with Crippen LogP contribution >= 0.6 is 0 Å². The molecule has 0 saturated carbocycles. The predicted octanol–water partition coefficient (Wildman–Crippen LogP) is 4.35. The lowest BCUT2D eigenvalue weighted by molar-refractivity contribution is -0.137. The molecule has 2 aromatic carbocycles. The lowest BCUT2D eigenvalue weighted by atomic mass is 10.2. The summed E-state index contributed by atoms with van der Waals surface area (Å²) in [6.45, 7) is 4.05. The molecule has 3 aromatic rings. The lowest BCUT2D eigenvalue weighted by Crippen LogP contribution is -2.40. The largest absolute Gasteiger partial charge is 0.494 e. The molecule has 0 bridgehead atoms. The van der Waals surface area contributed by atoms with Crippen molar-refractivity contribution in [3.05, 3.63) is 66.9 Å². The van der Waals surface area contributed by atoms with E-state index in [1.165, 1.54) is 19.2 Å². The van der Waals surface area contributed by atoms with Gasteiger partial charge < -0.3 is 25.6 Å². The number of sulfone groups is 1. The van der Waals surface area contributed by atoms with Crippen molar-refractivity contribution in [2.24, 2.45) is 0 Å². The zero-order valence-corrected chi connectivity index (χ0v) is 21.6. The number of alkyl halides is 3. The van der Waals surface area contributed by atoms with Crippen LogP contribution in [0.3, 0.4) is 0 Å². The first-order valence-electron chi connectivity index (χ1n) is 11.6. The molecule has 0 unspecified atom stereocenters. The molecule has 1 aromatic heterocycles. The highest BCUT2D eigenvalue weighted by Crippen LogP contribution is 2.37. The van der Waals surface area contributed by atoms with Gasteiger partial charge in [0, 0.05) is 42.4 Å². The Bertz CT molecular complexity index is 1480. The average molecular weight is 563 g/mol. The Kier molecular flexibility index (Phi) is 7.95. The van der Waals surface area contributed by atoms with Crippen LogP contribution in [0.5, 0.6) is 5.75 Å². The van der Waals surface area contributed by atoms with Crippen LogP contribution in [0.4, 0.5) is 47.7 Å². The van der Waals surface area contributed by atoms with Crippen LogP contribution in [0.15, 0.2) is 61.3 Å². The van der Waals surface area contributed by atoms with E-state index in [9.17, 15) is 26.4 Å². The van der Waals surface area contributed by atoms with E-state index in [0.29, 0.717) is 36.4 Å². The molecule has 206 valence electrons. The first-order chi connectivity index (χ1) is 18.5. The van der Waals surface area contributed by atoms with Gasteiger partial charge in [-0.2, -0.15) is 18.2 Å². The molecular weight excluding hydrogens is 537 g/mol. The summed E-state index contributed by atoms with van der Waals surface area (Å²) in [5.41, 5.74) is 0.646. The smallest absolute Gasteiger partial charge is 0.421 e. The molecule has 0 atom stereocenters. The molecule has 1 aliphatic rings. The van der Waals surface area contributed by atoms with Gasteiger partial charge in [0.1, 0.15) is 17.1 Å². The third-order valence-corrected chi connectivity index (χ3v) is 7.42. The zero-order chi connectivity index (χ0) is 28.2. The summed E-state index contributed by atoms with van der Waals surface area (Å²) < 4.78 is 70.1. The quantitative estimate of drug-likeness (QED) is 0.344. The molecule has 3 N–H and O–H groups in total. The van der Waals surface area contributed by atoms with Crippen molar-refractivity contribution in [2.75, 3.05) is 52.6 Å². The van der Waals surface area contributed by atoms with Crippen molar-refractivity contribution >= 4 is 50.3 Å². The van der Waals surface area contributed by atoms with Gasteiger partial charge in [-0.05, 0) is 36.4 Å². The Morgan fingerprint density at radius 3 is 2.49 bits per heavy atom. The number of aromatic nitrogens is 2. The van der Waals surface area contributed by atoms with Crippen LogP contribution in [-0.4, -0.2) is 56.0 Å². The minimum atomic E-state index is -4.74. The van der Waals surface area contributed by atoms with Gasteiger partial charge in [0.05, 0.1) is 24.3 Å². The fourth-order valence-electron chi connectivity index (χ4n) is 3.82. The van der Waals surface area contributed by atoms with Crippen LogP contribution in [0.1, 0.15) is 5.56 Å². The first kappa shape index (κ1) is 27.7. The standard InChI is InChI=1S/C25H25F3N6O4S/c1-3-22(35)30-16-5-4-6-17(13-16)31-23-19(25(26,27)28)15-29-24(33-23)32-20-8-7-18(14-21(20)38-2)34-9-11-39(36,37)12-10-34/h3-8,13-15H,1,9-12H2,2H3,(H,30,35)(H2,29,31,32,33). The van der Waals surface area contributed by atoms with Crippen LogP contribution in [0, 0.1) is 0 Å². The molecule has 2 heterocycles. The van der Waals surface area contributed by atoms with Crippen LogP contribution in [0.25, 0.3) is 0 Å². The molecule has 1 saturated heterocycles. The van der Waals surface area contributed by atoms with Crippen molar-refractivity contribution in [2.45, 2.75) is 6.18 Å². The number of carbonyl (C=O) groups excluding carboxylic acids is 1. The summed E-state index contributed by atoms with van der Waals surface area (Å²) in [6.07, 6.45) is -3.01. The molecule has 0 radical (unpaired) electrons. The lowest BCUT2D eigenvalue weighted by Gasteiger charge is -2.29. The molecule has 0 aliphatic carbocycles. The van der Waals surface area contributed by atoms with Crippen molar-refractivity contribution in [1.29, 1.82) is 0 Å². The number of hydrogen-bond donors (Lipinski definition) is 3. The highest BCUT2D eigenvalue weighted by molar-refractivity contribution is 7.91. The van der Waals surface area contributed by atoms with E-state index in [0.717, 1.165) is 11.8 Å². The van der Waals surface area contributed by atoms with Crippen LogP contribution in [0.2, 0.25) is 0 Å². The highest BCUT2D eigenvalue weighted by atomic mass is 32.2. The van der Waals surface area contributed by atoms with Crippen LogP contribution < -0.4 is 25.6 Å². The maximum Gasteiger partial charge on any atom is 0.421 e. The first-order valence-corrected chi connectivity index (χ1v) is 13.4. The van der Waals surface area contributed by atoms with Gasteiger partial charge in [-0.25, -0.2) is 13.4 Å². The third-order valence-electron chi connectivity index (χ3n) is 5.81. The Balaban J connectivity index is 1.59. The SMILES string of the molecule is C=CC(=O)Nc1cccc(Nc2nc(Nc3ccc(N4CCS(=O)(=O)CC4)cc3OC)ncc2C(F)(F)F)c1. The van der Waals surface area contributed by atoms with E-state index in [2.05, 4.69) is 32.5 Å². The van der Waals surface area contributed by atoms with Crippen LogP contribution in [-0.2, 0) is 20.8 Å². The van der Waals surface area contributed by atoms with Gasteiger partial charge >= 0.3 is 6.18 Å². The fraction of sp³-hybridized carbons (Fsp3) is 0.240. The van der Waals surface area contributed by atoms with Gasteiger partial charge in [-0.1, -0.05) is 12.6 Å². The fourth-order valence-corrected chi connectivity index (χ4v) is 5.02. The topological polar surface area (TPSA) is 126 Å². The number of methoxy groups -OCH3 is 1. The third kappa shape index (κ3) is 6.96. The van der Waals surface area contributed by atoms with E-state index < -0.39 is 33.3 Å². The molecular formula is C25H25F3N6O4S. The van der Waals surface area contributed by atoms with E-state index >= 15 is 0 Å². The number of ether oxygens (including phenoxy) is 1. The monoisotopic (exact) mass is 562 g/mol. The number of rotatable bonds is 8. The highest BCUT2D eigenvalue weighted by Gasteiger charge is 2.35. The number of hydrogen-bond acceptors (Lipinski definition) is 9. The molecule has 14 heteroatoms. The predicted molar refractivity (Wildman–Crippen MR) is 143 cm³/mol. The second-order valence-corrected chi connectivity index (χ2v) is 10.8. The molecule has 4 rings (SSSR count). The van der Waals surface area contributed by atoms with Crippen molar-refractivity contribution in [1.82, 2.24) is 9.97 Å². The summed E-state index contributed by atoms with van der Waals surface area (Å²) >= 11 is 0. The summed E-state index contributed by atoms with van der Waals surface area (Å²) in [5, 5.41) is 8.07. The molecule has 1 aliphatic heterocycles. The minimum Gasteiger partial charge on any atom is -0.494 e. The van der Waals surface area contributed by atoms with Crippen molar-refractivity contribution < 1.29 is 31.1 Å². The Hall–Kier alpha value is -4.33. The van der Waals surface area contributed by atoms with Gasteiger partial charge in [0.25, 0.3) is 0 Å². The van der Waals surface area contributed by atoms with E-state index in [1.807, 2.05) is 4.90 Å². The molecule has 1 fully saturated rings. The van der Waals surface area contributed by atoms with Gasteiger partial charge in [0.2, 0.25) is 11.9 Å². The number of nitrogens with one attached hydrogen (secondary N) is 3. The molecule has 1 amide bonds. The number of benzene rings is 2. The average Bonchev–Trinajstić information content (AvgIpc) is 2.88. The summed E-state index contributed by atoms with van der Waals surface area (Å²) in [4.78, 5) is 21.4. The normalized spacial score (nSPS) is 14.8. The minimum absolute atomic E-state index is 0.0496. The number of nitrogens with zero attached hydrogens (tertiary/aromatic N) is 3. The maximum absolute atomic E-state index is 13.7. The second kappa shape index (κ2) is 11.2.